The van der Waals surface area contributed by atoms with Crippen LogP contribution in [0.2, 0.25) is 0 Å². The normalized spacial score (nSPS) is 11.8. The number of hydrogen-bond donors (Lipinski definition) is 0. The highest BCUT2D eigenvalue weighted by atomic mass is 31.0. The topological polar surface area (TPSA) is 44.8 Å². The molecule has 2 unspecified atom stereocenters. The smallest absolute Gasteiger partial charge is 0.176 e. The van der Waals surface area contributed by atoms with Crippen molar-refractivity contribution >= 4 is 15.0 Å². The lowest BCUT2D eigenvalue weighted by Crippen LogP contribution is -2.13. The molecule has 1 rings (SSSR count). The Bertz CT molecular complexity index is 390. The summed E-state index contributed by atoms with van der Waals surface area (Å²) in [5.74, 6) is 1.46. The Morgan fingerprint density at radius 2 is 1.59 bits per heavy atom. The van der Waals surface area contributed by atoms with E-state index < -0.39 is 0 Å². The fraction of sp³-hybridized carbons (Fsp3) is 0.417. The molecule has 0 aromatic heterocycles. The highest BCUT2D eigenvalue weighted by Gasteiger charge is 2.22. The zero-order valence-electron chi connectivity index (χ0n) is 10.4. The highest BCUT2D eigenvalue weighted by molar-refractivity contribution is 7.19. The molecular formula is C12H17O4P. The summed E-state index contributed by atoms with van der Waals surface area (Å²) in [6, 6.07) is 3.34. The molecule has 0 heterocycles. The fourth-order valence-corrected chi connectivity index (χ4v) is 1.64. The first-order valence-corrected chi connectivity index (χ1v) is 5.81. The summed E-state index contributed by atoms with van der Waals surface area (Å²) < 4.78 is 15.5. The van der Waals surface area contributed by atoms with Crippen LogP contribution >= 0.6 is 9.24 Å². The lowest BCUT2D eigenvalue weighted by Gasteiger charge is -2.15. The van der Waals surface area contributed by atoms with Gasteiger partial charge in [0.15, 0.2) is 5.78 Å². The molecule has 0 amide bonds. The quantitative estimate of drug-likeness (QED) is 0.598. The molecule has 1 aromatic rings. The summed E-state index contributed by atoms with van der Waals surface area (Å²) in [4.78, 5) is 12.1. The van der Waals surface area contributed by atoms with Crippen molar-refractivity contribution in [2.75, 3.05) is 21.3 Å². The van der Waals surface area contributed by atoms with Crippen molar-refractivity contribution in [3.05, 3.63) is 17.7 Å². The van der Waals surface area contributed by atoms with Gasteiger partial charge in [0.2, 0.25) is 0 Å². The van der Waals surface area contributed by atoms with E-state index in [1.807, 2.05) is 0 Å². The van der Waals surface area contributed by atoms with Gasteiger partial charge in [0.05, 0.1) is 21.3 Å². The Balaban J connectivity index is 3.39. The van der Waals surface area contributed by atoms with Gasteiger partial charge in [-0.15, -0.1) is 9.24 Å². The van der Waals surface area contributed by atoms with Crippen molar-refractivity contribution in [1.29, 1.82) is 0 Å². The Labute approximate surface area is 103 Å². The molecule has 0 saturated carbocycles. The Morgan fingerprint density at radius 3 is 1.88 bits per heavy atom. The van der Waals surface area contributed by atoms with Crippen LogP contribution in [0.25, 0.3) is 0 Å². The van der Waals surface area contributed by atoms with E-state index in [0.717, 1.165) is 0 Å². The summed E-state index contributed by atoms with van der Waals surface area (Å²) in [5.41, 5.74) is 0.240. The van der Waals surface area contributed by atoms with Crippen LogP contribution in [0.4, 0.5) is 0 Å². The van der Waals surface area contributed by atoms with Gasteiger partial charge in [-0.2, -0.15) is 0 Å². The number of ether oxygens (including phenoxy) is 3. The zero-order valence-corrected chi connectivity index (χ0v) is 11.6. The van der Waals surface area contributed by atoms with Crippen LogP contribution in [0.3, 0.4) is 0 Å². The third-order valence-electron chi connectivity index (χ3n) is 2.37. The number of methoxy groups -OCH3 is 3. The standard InChI is InChI=1S/C12H17O4P/c1-7(17)12(13)11-9(15-3)5-8(14-2)6-10(11)16-4/h5-7H,17H2,1-4H3. The summed E-state index contributed by atoms with van der Waals surface area (Å²) in [7, 11) is 7.04. The van der Waals surface area contributed by atoms with Gasteiger partial charge in [-0.1, -0.05) is 6.92 Å². The van der Waals surface area contributed by atoms with E-state index in [9.17, 15) is 4.79 Å². The number of hydrogen-bond acceptors (Lipinski definition) is 4. The molecule has 4 nitrogen and oxygen atoms in total. The largest absolute Gasteiger partial charge is 0.496 e. The van der Waals surface area contributed by atoms with Crippen LogP contribution in [-0.4, -0.2) is 32.8 Å². The lowest BCUT2D eigenvalue weighted by molar-refractivity contribution is 0.0987. The lowest BCUT2D eigenvalue weighted by atomic mass is 10.1. The number of carbonyl (C=O) groups excluding carboxylic acids is 1. The third kappa shape index (κ3) is 2.89. The predicted molar refractivity (Wildman–Crippen MR) is 69.6 cm³/mol. The van der Waals surface area contributed by atoms with E-state index in [4.69, 9.17) is 14.2 Å². The van der Waals surface area contributed by atoms with Gasteiger partial charge in [0, 0.05) is 17.8 Å². The molecule has 0 aliphatic rings. The number of benzene rings is 1. The van der Waals surface area contributed by atoms with Gasteiger partial charge >= 0.3 is 0 Å². The average molecular weight is 256 g/mol. The fourth-order valence-electron chi connectivity index (χ4n) is 1.48. The second kappa shape index (κ2) is 5.87. The number of Topliss-reactive ketones (excluding diaryl/α,β-unsaturated/α-hetero) is 1. The zero-order chi connectivity index (χ0) is 13.0. The molecule has 5 heteroatoms. The van der Waals surface area contributed by atoms with E-state index in [0.29, 0.717) is 22.8 Å². The number of carbonyl (C=O) groups is 1. The minimum Gasteiger partial charge on any atom is -0.496 e. The van der Waals surface area contributed by atoms with Crippen LogP contribution in [0.15, 0.2) is 12.1 Å². The van der Waals surface area contributed by atoms with Gasteiger partial charge < -0.3 is 14.2 Å². The number of ketones is 1. The van der Waals surface area contributed by atoms with Gasteiger partial charge in [-0.25, -0.2) is 0 Å². The summed E-state index contributed by atoms with van der Waals surface area (Å²) in [5, 5.41) is 0. The maximum Gasteiger partial charge on any atom is 0.176 e. The van der Waals surface area contributed by atoms with Gasteiger partial charge in [0.1, 0.15) is 22.8 Å². The van der Waals surface area contributed by atoms with Crippen molar-refractivity contribution in [1.82, 2.24) is 0 Å². The van der Waals surface area contributed by atoms with Crippen LogP contribution in [0.1, 0.15) is 17.3 Å². The molecule has 0 aliphatic heterocycles. The van der Waals surface area contributed by atoms with E-state index in [-0.39, 0.29) is 11.4 Å². The van der Waals surface area contributed by atoms with Gasteiger partial charge in [-0.3, -0.25) is 4.79 Å². The molecule has 0 saturated heterocycles. The first-order chi connectivity index (χ1) is 8.04. The molecule has 0 N–H and O–H groups in total. The molecule has 17 heavy (non-hydrogen) atoms. The van der Waals surface area contributed by atoms with Crippen molar-refractivity contribution < 1.29 is 19.0 Å². The molecule has 1 aromatic carbocycles. The van der Waals surface area contributed by atoms with Crippen molar-refractivity contribution in [2.24, 2.45) is 0 Å². The monoisotopic (exact) mass is 256 g/mol. The molecule has 0 aliphatic carbocycles. The van der Waals surface area contributed by atoms with Crippen LogP contribution < -0.4 is 14.2 Å². The van der Waals surface area contributed by atoms with Gasteiger partial charge in [-0.05, 0) is 0 Å². The Kier molecular flexibility index (Phi) is 4.76. The molecule has 0 bridgehead atoms. The van der Waals surface area contributed by atoms with E-state index in [2.05, 4.69) is 9.24 Å². The Hall–Kier alpha value is -1.28. The average Bonchev–Trinajstić information content (AvgIpc) is 2.35. The first-order valence-electron chi connectivity index (χ1n) is 5.15. The second-order valence-corrected chi connectivity index (χ2v) is 4.56. The molecule has 0 spiro atoms. The maximum atomic E-state index is 12.1. The highest BCUT2D eigenvalue weighted by Crippen LogP contribution is 2.35. The minimum atomic E-state index is -0.203. The minimum absolute atomic E-state index is 0.0497. The molecule has 0 radical (unpaired) electrons. The number of rotatable bonds is 5. The van der Waals surface area contributed by atoms with Crippen LogP contribution in [0.5, 0.6) is 17.2 Å². The van der Waals surface area contributed by atoms with E-state index >= 15 is 0 Å². The van der Waals surface area contributed by atoms with Crippen molar-refractivity contribution in [3.63, 3.8) is 0 Å². The van der Waals surface area contributed by atoms with Crippen LogP contribution in [-0.2, 0) is 0 Å². The van der Waals surface area contributed by atoms with Crippen molar-refractivity contribution in [3.8, 4) is 17.2 Å². The predicted octanol–water partition coefficient (Wildman–Crippen LogP) is 2.16. The molecule has 2 atom stereocenters. The summed E-state index contributed by atoms with van der Waals surface area (Å²) >= 11 is 0. The Morgan fingerprint density at radius 1 is 1.12 bits per heavy atom. The van der Waals surface area contributed by atoms with Crippen LogP contribution in [0, 0.1) is 0 Å². The van der Waals surface area contributed by atoms with Gasteiger partial charge in [0.25, 0.3) is 0 Å². The SMILES string of the molecule is COc1cc(OC)c(C(=O)C(C)P)c(OC)c1. The maximum absolute atomic E-state index is 12.1. The van der Waals surface area contributed by atoms with E-state index in [1.165, 1.54) is 14.2 Å². The summed E-state index contributed by atoms with van der Waals surface area (Å²) in [6.07, 6.45) is 0. The first kappa shape index (κ1) is 13.8. The third-order valence-corrected chi connectivity index (χ3v) is 2.68. The van der Waals surface area contributed by atoms with Crippen molar-refractivity contribution in [2.45, 2.75) is 12.6 Å². The molecule has 94 valence electrons. The second-order valence-electron chi connectivity index (χ2n) is 3.56. The van der Waals surface area contributed by atoms with E-state index in [1.54, 1.807) is 26.2 Å². The molecular weight excluding hydrogens is 239 g/mol. The molecule has 0 fully saturated rings. The summed E-state index contributed by atoms with van der Waals surface area (Å²) in [6.45, 7) is 1.80.